The Balaban J connectivity index is 1.61. The number of sulfonamides is 1. The highest BCUT2D eigenvalue weighted by Gasteiger charge is 2.37. The average molecular weight is 473 g/mol. The number of nitrogens with zero attached hydrogens (tertiary/aromatic N) is 4. The summed E-state index contributed by atoms with van der Waals surface area (Å²) in [5.41, 5.74) is 1.75. The summed E-state index contributed by atoms with van der Waals surface area (Å²) in [6.45, 7) is 2.64. The van der Waals surface area contributed by atoms with Crippen LogP contribution in [0.15, 0.2) is 61.6 Å². The lowest BCUT2D eigenvalue weighted by atomic mass is 10.0. The van der Waals surface area contributed by atoms with Crippen LogP contribution >= 0.6 is 0 Å². The molecule has 0 radical (unpaired) electrons. The Labute approximate surface area is 191 Å². The van der Waals surface area contributed by atoms with Gasteiger partial charge in [-0.3, -0.25) is 4.79 Å². The van der Waals surface area contributed by atoms with Crippen molar-refractivity contribution in [2.45, 2.75) is 31.2 Å². The lowest BCUT2D eigenvalue weighted by Gasteiger charge is -2.23. The molecule has 3 heterocycles. The highest BCUT2D eigenvalue weighted by atomic mass is 32.2. The third-order valence-electron chi connectivity index (χ3n) is 5.45. The van der Waals surface area contributed by atoms with E-state index >= 15 is 0 Å². The van der Waals surface area contributed by atoms with Crippen LogP contribution in [-0.2, 0) is 14.8 Å². The second-order valence-electron chi connectivity index (χ2n) is 7.66. The van der Waals surface area contributed by atoms with Gasteiger partial charge in [0, 0.05) is 13.5 Å². The molecular formula is C22H24N4O6S. The fraction of sp³-hybridized carbons (Fsp3) is 0.318. The highest BCUT2D eigenvalue weighted by molar-refractivity contribution is 7.89. The topological polar surface area (TPSA) is 118 Å². The van der Waals surface area contributed by atoms with Crippen LogP contribution in [0.25, 0.3) is 0 Å². The molecule has 174 valence electrons. The predicted octanol–water partition coefficient (Wildman–Crippen LogP) is 2.89. The monoisotopic (exact) mass is 472 g/mol. The standard InChI is InChI=1S/C22H24N4O6S/c1-14-22(15(2)32-24-14)33(28,29)25(3)13-21(27)26-19(20-6-5-11-31-20)12-18(23-26)16-7-9-17(30-4)10-8-16/h5-11,19H,12-13H2,1-4H3/t19-/m0/s1. The molecule has 0 unspecified atom stereocenters. The smallest absolute Gasteiger partial charge is 0.258 e. The van der Waals surface area contributed by atoms with Crippen molar-refractivity contribution in [1.82, 2.24) is 14.5 Å². The first-order valence-electron chi connectivity index (χ1n) is 10.2. The van der Waals surface area contributed by atoms with E-state index in [1.54, 1.807) is 19.2 Å². The second kappa shape index (κ2) is 8.83. The third-order valence-corrected chi connectivity index (χ3v) is 7.50. The molecule has 4 rings (SSSR count). The van der Waals surface area contributed by atoms with E-state index in [9.17, 15) is 13.2 Å². The van der Waals surface area contributed by atoms with Gasteiger partial charge in [0.2, 0.25) is 10.0 Å². The summed E-state index contributed by atoms with van der Waals surface area (Å²) in [5.74, 6) is 0.949. The number of carbonyl (C=O) groups excluding carboxylic acids is 1. The predicted molar refractivity (Wildman–Crippen MR) is 118 cm³/mol. The molecule has 0 saturated heterocycles. The first kappa shape index (κ1) is 22.7. The molecular weight excluding hydrogens is 448 g/mol. The van der Waals surface area contributed by atoms with Crippen molar-refractivity contribution in [3.63, 3.8) is 0 Å². The Morgan fingerprint density at radius 2 is 1.97 bits per heavy atom. The molecule has 11 heteroatoms. The number of hydrogen-bond acceptors (Lipinski definition) is 8. The van der Waals surface area contributed by atoms with Gasteiger partial charge in [-0.05, 0) is 55.8 Å². The summed E-state index contributed by atoms with van der Waals surface area (Å²) in [7, 11) is -1.06. The molecule has 0 aliphatic carbocycles. The maximum absolute atomic E-state index is 13.2. The summed E-state index contributed by atoms with van der Waals surface area (Å²) in [4.78, 5) is 13.2. The molecule has 1 amide bonds. The third kappa shape index (κ3) is 4.29. The lowest BCUT2D eigenvalue weighted by Crippen LogP contribution is -2.39. The number of furan rings is 1. The number of carbonyl (C=O) groups is 1. The SMILES string of the molecule is COc1ccc(C2=NN(C(=O)CN(C)S(=O)(=O)c3c(C)noc3C)[C@H](c3ccco3)C2)cc1. The summed E-state index contributed by atoms with van der Waals surface area (Å²) in [6.07, 6.45) is 1.95. The van der Waals surface area contributed by atoms with Gasteiger partial charge in [0.1, 0.15) is 28.1 Å². The molecule has 0 bridgehead atoms. The number of aromatic nitrogens is 1. The van der Waals surface area contributed by atoms with Gasteiger partial charge >= 0.3 is 0 Å². The molecule has 2 aromatic heterocycles. The zero-order valence-corrected chi connectivity index (χ0v) is 19.5. The number of hydrogen-bond donors (Lipinski definition) is 0. The first-order chi connectivity index (χ1) is 15.7. The number of benzene rings is 1. The van der Waals surface area contributed by atoms with Gasteiger partial charge in [0.05, 0.1) is 25.6 Å². The Morgan fingerprint density at radius 3 is 2.55 bits per heavy atom. The molecule has 3 aromatic rings. The van der Waals surface area contributed by atoms with Gasteiger partial charge in [-0.1, -0.05) is 5.16 Å². The highest BCUT2D eigenvalue weighted by Crippen LogP contribution is 2.34. The maximum Gasteiger partial charge on any atom is 0.258 e. The van der Waals surface area contributed by atoms with Crippen molar-refractivity contribution in [2.24, 2.45) is 5.10 Å². The molecule has 0 fully saturated rings. The van der Waals surface area contributed by atoms with Crippen molar-refractivity contribution >= 4 is 21.6 Å². The largest absolute Gasteiger partial charge is 0.497 e. The first-order valence-corrected chi connectivity index (χ1v) is 11.6. The summed E-state index contributed by atoms with van der Waals surface area (Å²) >= 11 is 0. The van der Waals surface area contributed by atoms with Gasteiger partial charge in [-0.25, -0.2) is 13.4 Å². The number of amides is 1. The molecule has 1 atom stereocenters. The van der Waals surface area contributed by atoms with E-state index in [0.717, 1.165) is 9.87 Å². The Kier molecular flexibility index (Phi) is 6.09. The quantitative estimate of drug-likeness (QED) is 0.519. The van der Waals surface area contributed by atoms with Crippen LogP contribution in [0.4, 0.5) is 0 Å². The van der Waals surface area contributed by atoms with Crippen LogP contribution in [0.1, 0.15) is 35.2 Å². The van der Waals surface area contributed by atoms with E-state index in [-0.39, 0.29) is 16.3 Å². The van der Waals surface area contributed by atoms with Crippen molar-refractivity contribution in [3.8, 4) is 5.75 Å². The van der Waals surface area contributed by atoms with Crippen molar-refractivity contribution in [1.29, 1.82) is 0 Å². The molecule has 0 spiro atoms. The number of ether oxygens (including phenoxy) is 1. The molecule has 10 nitrogen and oxygen atoms in total. The van der Waals surface area contributed by atoms with Crippen molar-refractivity contribution < 1.29 is 26.9 Å². The maximum atomic E-state index is 13.2. The lowest BCUT2D eigenvalue weighted by molar-refractivity contribution is -0.133. The molecule has 1 aromatic carbocycles. The van der Waals surface area contributed by atoms with Gasteiger partial charge < -0.3 is 13.7 Å². The minimum atomic E-state index is -3.98. The van der Waals surface area contributed by atoms with Gasteiger partial charge in [-0.2, -0.15) is 9.41 Å². The number of hydrazone groups is 1. The fourth-order valence-corrected chi connectivity index (χ4v) is 5.15. The number of methoxy groups -OCH3 is 1. The number of likely N-dealkylation sites (N-methyl/N-ethyl adjacent to an activating group) is 1. The number of aryl methyl sites for hydroxylation is 2. The van der Waals surface area contributed by atoms with Crippen LogP contribution in [0.5, 0.6) is 5.75 Å². The average Bonchev–Trinajstić information content (AvgIpc) is 3.53. The minimum Gasteiger partial charge on any atom is -0.497 e. The van der Waals surface area contributed by atoms with Crippen LogP contribution in [0.3, 0.4) is 0 Å². The molecule has 0 saturated carbocycles. The molecule has 1 aliphatic heterocycles. The van der Waals surface area contributed by atoms with Gasteiger partial charge in [0.15, 0.2) is 5.76 Å². The summed E-state index contributed by atoms with van der Waals surface area (Å²) in [5, 5.41) is 9.52. The molecule has 0 N–H and O–H groups in total. The summed E-state index contributed by atoms with van der Waals surface area (Å²) in [6, 6.07) is 10.4. The Morgan fingerprint density at radius 1 is 1.24 bits per heavy atom. The van der Waals surface area contributed by atoms with Gasteiger partial charge in [-0.15, -0.1) is 0 Å². The normalized spacial score (nSPS) is 16.3. The zero-order chi connectivity index (χ0) is 23.8. The van der Waals surface area contributed by atoms with Gasteiger partial charge in [0.25, 0.3) is 5.91 Å². The van der Waals surface area contributed by atoms with Crippen LogP contribution in [-0.4, -0.2) is 55.2 Å². The van der Waals surface area contributed by atoms with Crippen molar-refractivity contribution in [2.75, 3.05) is 20.7 Å². The molecule has 33 heavy (non-hydrogen) atoms. The Hall–Kier alpha value is -3.44. The Bertz CT molecular complexity index is 1260. The van der Waals surface area contributed by atoms with Crippen LogP contribution in [0, 0.1) is 13.8 Å². The van der Waals surface area contributed by atoms with E-state index in [1.165, 1.54) is 32.2 Å². The fourth-order valence-electron chi connectivity index (χ4n) is 3.75. The van der Waals surface area contributed by atoms with Crippen LogP contribution < -0.4 is 4.74 Å². The van der Waals surface area contributed by atoms with E-state index < -0.39 is 28.5 Å². The summed E-state index contributed by atoms with van der Waals surface area (Å²) < 4.78 is 42.8. The number of rotatable bonds is 7. The van der Waals surface area contributed by atoms with Crippen molar-refractivity contribution in [3.05, 3.63) is 65.4 Å². The van der Waals surface area contributed by atoms with E-state index in [1.807, 2.05) is 24.3 Å². The zero-order valence-electron chi connectivity index (χ0n) is 18.7. The van der Waals surface area contributed by atoms with E-state index in [0.29, 0.717) is 23.6 Å². The second-order valence-corrected chi connectivity index (χ2v) is 9.64. The van der Waals surface area contributed by atoms with E-state index in [2.05, 4.69) is 10.3 Å². The van der Waals surface area contributed by atoms with Crippen LogP contribution in [0.2, 0.25) is 0 Å². The van der Waals surface area contributed by atoms with E-state index in [4.69, 9.17) is 13.7 Å². The minimum absolute atomic E-state index is 0.0378. The molecule has 1 aliphatic rings.